The van der Waals surface area contributed by atoms with Crippen LogP contribution < -0.4 is 11.6 Å². The highest BCUT2D eigenvalue weighted by Crippen LogP contribution is 2.36. The third-order valence-electron chi connectivity index (χ3n) is 3.02. The van der Waals surface area contributed by atoms with Crippen molar-refractivity contribution < 1.29 is 22.5 Å². The van der Waals surface area contributed by atoms with Crippen LogP contribution >= 0.6 is 0 Å². The fourth-order valence-electron chi connectivity index (χ4n) is 2.36. The summed E-state index contributed by atoms with van der Waals surface area (Å²) in [4.78, 5) is 33.8. The van der Waals surface area contributed by atoms with Crippen molar-refractivity contribution in [3.8, 4) is 0 Å². The highest BCUT2D eigenvalue weighted by Gasteiger charge is 2.31. The Morgan fingerprint density at radius 1 is 0.611 bits per heavy atom. The summed E-state index contributed by atoms with van der Waals surface area (Å²) in [6, 6.07) is 0. The molecule has 0 fully saturated rings. The maximum atomic E-state index is 11.5. The third kappa shape index (κ3) is 1.01. The molecule has 0 saturated heterocycles. The number of carbonyl (C=O) groups is 1. The van der Waals surface area contributed by atoms with Crippen LogP contribution in [0.15, 0.2) is 27.3 Å². The van der Waals surface area contributed by atoms with Gasteiger partial charge in [-0.3, -0.25) is 4.79 Å². The number of rotatable bonds is 0. The molecule has 7 heteroatoms. The summed E-state index contributed by atoms with van der Waals surface area (Å²) >= 11 is 0. The molecule has 1 aliphatic rings. The summed E-state index contributed by atoms with van der Waals surface area (Å²) in [6.07, 6.45) is 0.248. The SMILES string of the molecule is O=C1Cc2c(c3oc(=O)oc3c3oc(=O)oc23)C1. The Morgan fingerprint density at radius 2 is 1.00 bits per heavy atom. The zero-order valence-corrected chi connectivity index (χ0v) is 8.77. The topological polar surface area (TPSA) is 104 Å². The molecule has 18 heavy (non-hydrogen) atoms. The molecule has 2 heterocycles. The van der Waals surface area contributed by atoms with Gasteiger partial charge in [-0.25, -0.2) is 9.59 Å². The van der Waals surface area contributed by atoms with Crippen LogP contribution in [-0.2, 0) is 17.6 Å². The Hall–Kier alpha value is -2.57. The molecule has 2 aromatic heterocycles. The lowest BCUT2D eigenvalue weighted by molar-refractivity contribution is -0.117. The summed E-state index contributed by atoms with van der Waals surface area (Å²) in [7, 11) is 0. The Bertz CT molecular complexity index is 854. The van der Waals surface area contributed by atoms with Crippen LogP contribution in [0.3, 0.4) is 0 Å². The van der Waals surface area contributed by atoms with Crippen molar-refractivity contribution in [3.63, 3.8) is 0 Å². The van der Waals surface area contributed by atoms with E-state index in [-0.39, 0.29) is 41.0 Å². The first-order valence-electron chi connectivity index (χ1n) is 5.16. The fraction of sp³-hybridized carbons (Fsp3) is 0.182. The minimum Gasteiger partial charge on any atom is -0.390 e. The van der Waals surface area contributed by atoms with Crippen LogP contribution in [0.2, 0.25) is 0 Å². The number of hydrogen-bond donors (Lipinski definition) is 0. The molecule has 4 rings (SSSR count). The van der Waals surface area contributed by atoms with Crippen molar-refractivity contribution in [2.24, 2.45) is 0 Å². The van der Waals surface area contributed by atoms with E-state index in [1.54, 1.807) is 0 Å². The van der Waals surface area contributed by atoms with Crippen molar-refractivity contribution in [3.05, 3.63) is 32.4 Å². The summed E-state index contributed by atoms with van der Waals surface area (Å²) in [5.74, 6) is -1.88. The first kappa shape index (κ1) is 9.46. The molecule has 1 aliphatic carbocycles. The van der Waals surface area contributed by atoms with Crippen molar-refractivity contribution in [1.82, 2.24) is 0 Å². The van der Waals surface area contributed by atoms with Gasteiger partial charge in [0, 0.05) is 24.0 Å². The van der Waals surface area contributed by atoms with E-state index in [0.29, 0.717) is 11.1 Å². The van der Waals surface area contributed by atoms with Gasteiger partial charge in [0.15, 0.2) is 11.2 Å². The summed E-state index contributed by atoms with van der Waals surface area (Å²) in [6.45, 7) is 0. The number of Topliss-reactive ketones (excluding diaryl/α,β-unsaturated/α-hetero) is 1. The monoisotopic (exact) mass is 248 g/mol. The zero-order chi connectivity index (χ0) is 12.4. The van der Waals surface area contributed by atoms with Crippen molar-refractivity contribution in [2.75, 3.05) is 0 Å². The van der Waals surface area contributed by atoms with Gasteiger partial charge in [-0.1, -0.05) is 0 Å². The van der Waals surface area contributed by atoms with Crippen LogP contribution in [-0.4, -0.2) is 5.78 Å². The molecule has 0 spiro atoms. The van der Waals surface area contributed by atoms with E-state index in [0.717, 1.165) is 0 Å². The molecule has 0 bridgehead atoms. The second-order valence-electron chi connectivity index (χ2n) is 4.07. The molecular weight excluding hydrogens is 244 g/mol. The van der Waals surface area contributed by atoms with E-state index < -0.39 is 11.6 Å². The van der Waals surface area contributed by atoms with Gasteiger partial charge in [-0.15, -0.1) is 0 Å². The molecule has 7 nitrogen and oxygen atoms in total. The fourth-order valence-corrected chi connectivity index (χ4v) is 2.36. The molecule has 90 valence electrons. The van der Waals surface area contributed by atoms with E-state index >= 15 is 0 Å². The maximum Gasteiger partial charge on any atom is 0.519 e. The van der Waals surface area contributed by atoms with Gasteiger partial charge in [-0.2, -0.15) is 0 Å². The first-order valence-corrected chi connectivity index (χ1v) is 5.16. The Kier molecular flexibility index (Phi) is 1.48. The van der Waals surface area contributed by atoms with E-state index in [9.17, 15) is 14.4 Å². The number of hydrogen-bond acceptors (Lipinski definition) is 7. The summed E-state index contributed by atoms with van der Waals surface area (Å²) in [5, 5.41) is 0. The first-order chi connectivity index (χ1) is 8.63. The quantitative estimate of drug-likeness (QED) is 0.578. The molecular formula is C11H4O7. The average molecular weight is 248 g/mol. The van der Waals surface area contributed by atoms with Gasteiger partial charge in [0.25, 0.3) is 0 Å². The van der Waals surface area contributed by atoms with Gasteiger partial charge in [0.1, 0.15) is 5.78 Å². The van der Waals surface area contributed by atoms with Crippen molar-refractivity contribution >= 4 is 28.1 Å². The largest absolute Gasteiger partial charge is 0.519 e. The zero-order valence-electron chi connectivity index (χ0n) is 8.77. The Balaban J connectivity index is 2.37. The summed E-state index contributed by atoms with van der Waals surface area (Å²) in [5.41, 5.74) is 1.37. The van der Waals surface area contributed by atoms with Gasteiger partial charge < -0.3 is 17.7 Å². The smallest absolute Gasteiger partial charge is 0.390 e. The van der Waals surface area contributed by atoms with Gasteiger partial charge in [-0.05, 0) is 0 Å². The highest BCUT2D eigenvalue weighted by molar-refractivity contribution is 6.05. The predicted molar refractivity (Wildman–Crippen MR) is 55.5 cm³/mol. The minimum absolute atomic E-state index is 0.00861. The molecule has 0 amide bonds. The molecule has 0 N–H and O–H groups in total. The minimum atomic E-state index is -0.914. The highest BCUT2D eigenvalue weighted by atomic mass is 16.6. The van der Waals surface area contributed by atoms with Crippen LogP contribution in [0.5, 0.6) is 0 Å². The second-order valence-corrected chi connectivity index (χ2v) is 4.07. The number of benzene rings is 1. The van der Waals surface area contributed by atoms with Gasteiger partial charge in [0.05, 0.1) is 0 Å². The molecule has 0 unspecified atom stereocenters. The normalized spacial score (nSPS) is 14.8. The molecule has 3 aromatic rings. The number of carbonyl (C=O) groups excluding carboxylic acids is 1. The predicted octanol–water partition coefficient (Wildman–Crippen LogP) is 0.753. The standard InChI is InChI=1S/C11H4O7/c12-3-1-4-5(2-3)7-9(18-11(14)16-7)8-6(4)15-10(13)17-8/h1-2H2. The Morgan fingerprint density at radius 3 is 1.44 bits per heavy atom. The average Bonchev–Trinajstić information content (AvgIpc) is 2.93. The molecule has 1 aromatic carbocycles. The number of fused-ring (bicyclic) bond motifs is 6. The van der Waals surface area contributed by atoms with Gasteiger partial charge in [0.2, 0.25) is 11.2 Å². The lowest BCUT2D eigenvalue weighted by Gasteiger charge is -1.96. The van der Waals surface area contributed by atoms with E-state index in [2.05, 4.69) is 0 Å². The van der Waals surface area contributed by atoms with E-state index in [4.69, 9.17) is 17.7 Å². The maximum absolute atomic E-state index is 11.5. The van der Waals surface area contributed by atoms with Crippen LogP contribution in [0.1, 0.15) is 11.1 Å². The van der Waals surface area contributed by atoms with E-state index in [1.807, 2.05) is 0 Å². The number of ketones is 1. The van der Waals surface area contributed by atoms with Crippen LogP contribution in [0.25, 0.3) is 22.3 Å². The second kappa shape index (κ2) is 2.81. The Labute approximate surface area is 96.6 Å². The lowest BCUT2D eigenvalue weighted by atomic mass is 10.1. The third-order valence-corrected chi connectivity index (χ3v) is 3.02. The van der Waals surface area contributed by atoms with Crippen LogP contribution in [0.4, 0.5) is 0 Å². The lowest BCUT2D eigenvalue weighted by Crippen LogP contribution is -1.93. The van der Waals surface area contributed by atoms with Crippen LogP contribution in [0, 0.1) is 0 Å². The molecule has 0 saturated carbocycles. The van der Waals surface area contributed by atoms with Gasteiger partial charge >= 0.3 is 11.6 Å². The van der Waals surface area contributed by atoms with Crippen molar-refractivity contribution in [1.29, 1.82) is 0 Å². The molecule has 0 radical (unpaired) electrons. The molecule has 0 atom stereocenters. The van der Waals surface area contributed by atoms with E-state index in [1.165, 1.54) is 0 Å². The molecule has 0 aliphatic heterocycles. The van der Waals surface area contributed by atoms with Crippen molar-refractivity contribution in [2.45, 2.75) is 12.8 Å². The summed E-state index contributed by atoms with van der Waals surface area (Å²) < 4.78 is 19.5.